The molecule has 164 valence electrons. The average Bonchev–Trinajstić information content (AvgIpc) is 3.52. The van der Waals surface area contributed by atoms with Crippen LogP contribution in [0.4, 0.5) is 0 Å². The van der Waals surface area contributed by atoms with Gasteiger partial charge in [0.1, 0.15) is 11.4 Å². The van der Waals surface area contributed by atoms with Gasteiger partial charge in [0.2, 0.25) is 12.7 Å². The Balaban J connectivity index is 1.19. The summed E-state index contributed by atoms with van der Waals surface area (Å²) in [7, 11) is 0. The van der Waals surface area contributed by atoms with Crippen molar-refractivity contribution >= 4 is 11.8 Å². The number of likely N-dealkylation sites (tertiary alicyclic amines) is 1. The summed E-state index contributed by atoms with van der Waals surface area (Å²) < 4.78 is 10.7. The number of rotatable bonds is 5. The SMILES string of the molecule is O=C(NCc1ccc2c(c1)OCO2)[C@@H]1CCCN(C(=O)c2cc(-c3ccccn3)n[nH]2)C1. The predicted molar refractivity (Wildman–Crippen MR) is 115 cm³/mol. The molecule has 1 fully saturated rings. The molecule has 0 spiro atoms. The Kier molecular flexibility index (Phi) is 5.45. The molecule has 1 saturated heterocycles. The van der Waals surface area contributed by atoms with Gasteiger partial charge in [-0.25, -0.2) is 0 Å². The number of piperidine rings is 1. The minimum absolute atomic E-state index is 0.0565. The average molecular weight is 433 g/mol. The van der Waals surface area contributed by atoms with Crippen LogP contribution < -0.4 is 14.8 Å². The minimum Gasteiger partial charge on any atom is -0.454 e. The summed E-state index contributed by atoms with van der Waals surface area (Å²) in [6.07, 6.45) is 3.21. The number of nitrogens with zero attached hydrogens (tertiary/aromatic N) is 3. The van der Waals surface area contributed by atoms with Crippen molar-refractivity contribution in [3.8, 4) is 22.9 Å². The summed E-state index contributed by atoms with van der Waals surface area (Å²) in [5.41, 5.74) is 2.64. The second-order valence-corrected chi connectivity index (χ2v) is 7.88. The monoisotopic (exact) mass is 433 g/mol. The van der Waals surface area contributed by atoms with E-state index in [2.05, 4.69) is 20.5 Å². The smallest absolute Gasteiger partial charge is 0.271 e. The van der Waals surface area contributed by atoms with Crippen molar-refractivity contribution < 1.29 is 19.1 Å². The maximum Gasteiger partial charge on any atom is 0.271 e. The molecule has 0 bridgehead atoms. The van der Waals surface area contributed by atoms with Gasteiger partial charge in [-0.05, 0) is 48.7 Å². The van der Waals surface area contributed by atoms with Crippen molar-refractivity contribution in [2.75, 3.05) is 19.9 Å². The van der Waals surface area contributed by atoms with Gasteiger partial charge in [0.15, 0.2) is 11.5 Å². The highest BCUT2D eigenvalue weighted by atomic mass is 16.7. The molecule has 32 heavy (non-hydrogen) atoms. The van der Waals surface area contributed by atoms with Crippen LogP contribution in [0.1, 0.15) is 28.9 Å². The van der Waals surface area contributed by atoms with E-state index in [1.165, 1.54) is 0 Å². The second kappa shape index (κ2) is 8.70. The Morgan fingerprint density at radius 2 is 2.03 bits per heavy atom. The maximum absolute atomic E-state index is 13.0. The molecule has 0 aliphatic carbocycles. The number of H-pyrrole nitrogens is 1. The number of pyridine rings is 1. The maximum atomic E-state index is 13.0. The molecule has 9 nitrogen and oxygen atoms in total. The predicted octanol–water partition coefficient (Wildman–Crippen LogP) is 2.37. The summed E-state index contributed by atoms with van der Waals surface area (Å²) in [6, 6.07) is 12.9. The number of ether oxygens (including phenoxy) is 2. The number of hydrogen-bond acceptors (Lipinski definition) is 6. The number of nitrogens with one attached hydrogen (secondary N) is 2. The van der Waals surface area contributed by atoms with Gasteiger partial charge < -0.3 is 19.7 Å². The van der Waals surface area contributed by atoms with Crippen LogP contribution in [0.5, 0.6) is 11.5 Å². The Bertz CT molecular complexity index is 1130. The van der Waals surface area contributed by atoms with Gasteiger partial charge in [-0.3, -0.25) is 19.7 Å². The van der Waals surface area contributed by atoms with Gasteiger partial charge in [0.05, 0.1) is 11.6 Å². The van der Waals surface area contributed by atoms with E-state index in [9.17, 15) is 9.59 Å². The van der Waals surface area contributed by atoms with Crippen LogP contribution in [0, 0.1) is 5.92 Å². The van der Waals surface area contributed by atoms with Crippen LogP contribution in [0.25, 0.3) is 11.4 Å². The van der Waals surface area contributed by atoms with Crippen LogP contribution in [-0.2, 0) is 11.3 Å². The van der Waals surface area contributed by atoms with Crippen molar-refractivity contribution in [1.29, 1.82) is 0 Å². The van der Waals surface area contributed by atoms with Crippen LogP contribution >= 0.6 is 0 Å². The first-order valence-electron chi connectivity index (χ1n) is 10.6. The van der Waals surface area contributed by atoms with E-state index in [0.29, 0.717) is 48.2 Å². The van der Waals surface area contributed by atoms with E-state index in [0.717, 1.165) is 18.4 Å². The third-order valence-electron chi connectivity index (χ3n) is 5.72. The second-order valence-electron chi connectivity index (χ2n) is 7.88. The van der Waals surface area contributed by atoms with Gasteiger partial charge >= 0.3 is 0 Å². The molecule has 2 aliphatic heterocycles. The van der Waals surface area contributed by atoms with Crippen molar-refractivity contribution in [2.24, 2.45) is 5.92 Å². The Labute approximate surface area is 184 Å². The molecule has 2 N–H and O–H groups in total. The molecule has 9 heteroatoms. The lowest BCUT2D eigenvalue weighted by Crippen LogP contribution is -2.45. The fraction of sp³-hybridized carbons (Fsp3) is 0.304. The number of carbonyl (C=O) groups is 2. The summed E-state index contributed by atoms with van der Waals surface area (Å²) in [5.74, 6) is 0.939. The molecule has 2 aromatic heterocycles. The molecule has 0 unspecified atom stereocenters. The zero-order valence-corrected chi connectivity index (χ0v) is 17.4. The van der Waals surface area contributed by atoms with E-state index in [1.807, 2.05) is 36.4 Å². The lowest BCUT2D eigenvalue weighted by atomic mass is 9.96. The summed E-state index contributed by atoms with van der Waals surface area (Å²) >= 11 is 0. The number of carbonyl (C=O) groups excluding carboxylic acids is 2. The fourth-order valence-electron chi connectivity index (χ4n) is 4.01. The van der Waals surface area contributed by atoms with Crippen LogP contribution in [0.15, 0.2) is 48.7 Å². The van der Waals surface area contributed by atoms with Gasteiger partial charge in [0.25, 0.3) is 5.91 Å². The largest absolute Gasteiger partial charge is 0.454 e. The Hall–Kier alpha value is -3.88. The Morgan fingerprint density at radius 3 is 2.91 bits per heavy atom. The van der Waals surface area contributed by atoms with Crippen LogP contribution in [0.2, 0.25) is 0 Å². The number of fused-ring (bicyclic) bond motifs is 1. The molecule has 1 aromatic carbocycles. The third kappa shape index (κ3) is 4.14. The molecular formula is C23H23N5O4. The third-order valence-corrected chi connectivity index (χ3v) is 5.72. The first kappa shape index (κ1) is 20.0. The number of aromatic amines is 1. The summed E-state index contributed by atoms with van der Waals surface area (Å²) in [5, 5.41) is 10.0. The van der Waals surface area contributed by atoms with Crippen LogP contribution in [0.3, 0.4) is 0 Å². The molecule has 5 rings (SSSR count). The lowest BCUT2D eigenvalue weighted by Gasteiger charge is -2.31. The summed E-state index contributed by atoms with van der Waals surface area (Å²) in [6.45, 7) is 1.61. The molecule has 2 aliphatic rings. The van der Waals surface area contributed by atoms with E-state index < -0.39 is 0 Å². The van der Waals surface area contributed by atoms with Crippen LogP contribution in [-0.4, -0.2) is 51.8 Å². The van der Waals surface area contributed by atoms with E-state index >= 15 is 0 Å². The first-order valence-corrected chi connectivity index (χ1v) is 10.6. The molecular weight excluding hydrogens is 410 g/mol. The van der Waals surface area contributed by atoms with E-state index in [1.54, 1.807) is 17.2 Å². The van der Waals surface area contributed by atoms with E-state index in [-0.39, 0.29) is 24.5 Å². The first-order chi connectivity index (χ1) is 15.7. The highest BCUT2D eigenvalue weighted by molar-refractivity contribution is 5.93. The van der Waals surface area contributed by atoms with Gasteiger partial charge in [-0.2, -0.15) is 5.10 Å². The van der Waals surface area contributed by atoms with Gasteiger partial charge in [-0.15, -0.1) is 0 Å². The quantitative estimate of drug-likeness (QED) is 0.639. The highest BCUT2D eigenvalue weighted by Crippen LogP contribution is 2.32. The fourth-order valence-corrected chi connectivity index (χ4v) is 4.01. The number of hydrogen-bond donors (Lipinski definition) is 2. The molecule has 0 radical (unpaired) electrons. The van der Waals surface area contributed by atoms with Crippen molar-refractivity contribution in [3.05, 3.63) is 59.9 Å². The summed E-state index contributed by atoms with van der Waals surface area (Å²) in [4.78, 5) is 31.7. The molecule has 0 saturated carbocycles. The van der Waals surface area contributed by atoms with Crippen molar-refractivity contribution in [2.45, 2.75) is 19.4 Å². The van der Waals surface area contributed by atoms with E-state index in [4.69, 9.17) is 9.47 Å². The highest BCUT2D eigenvalue weighted by Gasteiger charge is 2.29. The van der Waals surface area contributed by atoms with Gasteiger partial charge in [0, 0.05) is 25.8 Å². The Morgan fingerprint density at radius 1 is 1.12 bits per heavy atom. The number of benzene rings is 1. The minimum atomic E-state index is -0.250. The normalized spacial score (nSPS) is 17.2. The zero-order chi connectivity index (χ0) is 21.9. The number of amides is 2. The standard InChI is InChI=1S/C23H23N5O4/c29-22(25-12-15-6-7-20-21(10-15)32-14-31-20)16-4-3-9-28(13-16)23(30)19-11-18(26-27-19)17-5-1-2-8-24-17/h1-2,5-8,10-11,16H,3-4,9,12-14H2,(H,25,29)(H,26,27)/t16-/m1/s1. The number of aromatic nitrogens is 3. The lowest BCUT2D eigenvalue weighted by molar-refractivity contribution is -0.126. The van der Waals surface area contributed by atoms with Crippen molar-refractivity contribution in [3.63, 3.8) is 0 Å². The molecule has 3 aromatic rings. The zero-order valence-electron chi connectivity index (χ0n) is 17.4. The van der Waals surface area contributed by atoms with Gasteiger partial charge in [-0.1, -0.05) is 12.1 Å². The van der Waals surface area contributed by atoms with Crippen molar-refractivity contribution in [1.82, 2.24) is 25.4 Å². The molecule has 2 amide bonds. The molecule has 4 heterocycles. The topological polar surface area (TPSA) is 109 Å². The molecule has 1 atom stereocenters.